The molecular weight excluding hydrogens is 178 g/mol. The van der Waals surface area contributed by atoms with Crippen LogP contribution in [-0.2, 0) is 6.42 Å². The predicted octanol–water partition coefficient (Wildman–Crippen LogP) is 0.196. The van der Waals surface area contributed by atoms with Gasteiger partial charge in [0.05, 0.1) is 18.3 Å². The van der Waals surface area contributed by atoms with Crippen molar-refractivity contribution >= 4 is 5.52 Å². The maximum Gasteiger partial charge on any atom is 0.0694 e. The van der Waals surface area contributed by atoms with E-state index in [1.807, 2.05) is 24.4 Å². The van der Waals surface area contributed by atoms with E-state index in [9.17, 15) is 0 Å². The quantitative estimate of drug-likeness (QED) is 0.728. The number of hydrogen-bond acceptors (Lipinski definition) is 3. The lowest BCUT2D eigenvalue weighted by Gasteiger charge is -2.05. The molecule has 0 spiro atoms. The molecule has 0 amide bonds. The van der Waals surface area contributed by atoms with Crippen LogP contribution in [-0.4, -0.2) is 27.4 Å². The second-order valence-corrected chi connectivity index (χ2v) is 3.35. The zero-order chi connectivity index (χ0) is 9.97. The third-order valence-corrected chi connectivity index (χ3v) is 2.22. The summed E-state index contributed by atoms with van der Waals surface area (Å²) in [4.78, 5) is 0. The average Bonchev–Trinajstić information content (AvgIpc) is 2.62. The van der Waals surface area contributed by atoms with Crippen LogP contribution in [0.3, 0.4) is 0 Å². The molecule has 0 aliphatic rings. The van der Waals surface area contributed by atoms with Gasteiger partial charge in [0.1, 0.15) is 0 Å². The van der Waals surface area contributed by atoms with Gasteiger partial charge in [0, 0.05) is 12.2 Å². The van der Waals surface area contributed by atoms with Crippen molar-refractivity contribution in [2.24, 2.45) is 5.73 Å². The van der Waals surface area contributed by atoms with Gasteiger partial charge in [-0.1, -0.05) is 6.07 Å². The maximum atomic E-state index is 8.85. The van der Waals surface area contributed by atoms with Crippen LogP contribution in [0.2, 0.25) is 0 Å². The lowest BCUT2D eigenvalue weighted by atomic mass is 10.1. The van der Waals surface area contributed by atoms with Gasteiger partial charge in [-0.2, -0.15) is 5.10 Å². The zero-order valence-electron chi connectivity index (χ0n) is 7.80. The summed E-state index contributed by atoms with van der Waals surface area (Å²) in [6, 6.07) is 5.68. The Bertz CT molecular complexity index is 424. The number of pyridine rings is 1. The number of aliphatic hydroxyl groups is 1. The molecule has 4 heteroatoms. The van der Waals surface area contributed by atoms with Gasteiger partial charge < -0.3 is 10.8 Å². The molecule has 0 aromatic carbocycles. The summed E-state index contributed by atoms with van der Waals surface area (Å²) >= 11 is 0. The number of fused-ring (bicyclic) bond motifs is 1. The van der Waals surface area contributed by atoms with E-state index in [4.69, 9.17) is 10.8 Å². The van der Waals surface area contributed by atoms with E-state index in [1.165, 1.54) is 0 Å². The van der Waals surface area contributed by atoms with Gasteiger partial charge in [-0.05, 0) is 24.1 Å². The number of rotatable bonds is 3. The molecule has 1 unspecified atom stereocenters. The number of nitrogens with zero attached hydrogens (tertiary/aromatic N) is 2. The fraction of sp³-hybridized carbons (Fsp3) is 0.300. The lowest BCUT2D eigenvalue weighted by molar-refractivity contribution is 0.265. The Labute approximate surface area is 82.0 Å². The molecule has 4 nitrogen and oxygen atoms in total. The molecule has 0 saturated carbocycles. The predicted molar refractivity (Wildman–Crippen MR) is 54.0 cm³/mol. The van der Waals surface area contributed by atoms with E-state index in [0.717, 1.165) is 11.1 Å². The Morgan fingerprint density at radius 2 is 2.36 bits per heavy atom. The summed E-state index contributed by atoms with van der Waals surface area (Å²) < 4.78 is 1.80. The van der Waals surface area contributed by atoms with Crippen LogP contribution >= 0.6 is 0 Å². The van der Waals surface area contributed by atoms with Crippen LogP contribution in [0.25, 0.3) is 5.52 Å². The molecule has 0 saturated heterocycles. The highest BCUT2D eigenvalue weighted by Crippen LogP contribution is 2.11. The highest BCUT2D eigenvalue weighted by atomic mass is 16.3. The van der Waals surface area contributed by atoms with Crippen molar-refractivity contribution in [3.05, 3.63) is 36.2 Å². The SMILES string of the molecule is NC(CO)Cc1cnn2ccccc12. The van der Waals surface area contributed by atoms with E-state index in [0.29, 0.717) is 6.42 Å². The van der Waals surface area contributed by atoms with Gasteiger partial charge >= 0.3 is 0 Å². The molecule has 0 fully saturated rings. The van der Waals surface area contributed by atoms with Crippen molar-refractivity contribution in [2.45, 2.75) is 12.5 Å². The minimum absolute atomic E-state index is 0.00414. The van der Waals surface area contributed by atoms with Crippen molar-refractivity contribution in [3.63, 3.8) is 0 Å². The molecule has 14 heavy (non-hydrogen) atoms. The Hall–Kier alpha value is -1.39. The molecule has 2 heterocycles. The number of hydrogen-bond donors (Lipinski definition) is 2. The van der Waals surface area contributed by atoms with Crippen LogP contribution in [0.1, 0.15) is 5.56 Å². The number of aliphatic hydroxyl groups excluding tert-OH is 1. The summed E-state index contributed by atoms with van der Waals surface area (Å²) in [5.41, 5.74) is 7.80. The summed E-state index contributed by atoms with van der Waals surface area (Å²) in [5, 5.41) is 13.0. The van der Waals surface area contributed by atoms with E-state index in [2.05, 4.69) is 5.10 Å². The van der Waals surface area contributed by atoms with E-state index < -0.39 is 0 Å². The first-order valence-electron chi connectivity index (χ1n) is 4.59. The smallest absolute Gasteiger partial charge is 0.0694 e. The zero-order valence-corrected chi connectivity index (χ0v) is 7.80. The van der Waals surface area contributed by atoms with E-state index in [-0.39, 0.29) is 12.6 Å². The molecule has 2 aromatic heterocycles. The van der Waals surface area contributed by atoms with Gasteiger partial charge in [-0.3, -0.25) is 0 Å². The Balaban J connectivity index is 2.33. The van der Waals surface area contributed by atoms with Crippen molar-refractivity contribution in [1.82, 2.24) is 9.61 Å². The first kappa shape index (κ1) is 9.18. The maximum absolute atomic E-state index is 8.85. The largest absolute Gasteiger partial charge is 0.395 e. The van der Waals surface area contributed by atoms with Gasteiger partial charge in [0.25, 0.3) is 0 Å². The first-order chi connectivity index (χ1) is 6.81. The van der Waals surface area contributed by atoms with Crippen LogP contribution in [0, 0.1) is 0 Å². The normalized spacial score (nSPS) is 13.3. The third-order valence-electron chi connectivity index (χ3n) is 2.22. The van der Waals surface area contributed by atoms with Crippen LogP contribution in [0.15, 0.2) is 30.6 Å². The summed E-state index contributed by atoms with van der Waals surface area (Å²) in [6.45, 7) is 0.00414. The van der Waals surface area contributed by atoms with Crippen molar-refractivity contribution in [2.75, 3.05) is 6.61 Å². The topological polar surface area (TPSA) is 63.5 Å². The van der Waals surface area contributed by atoms with Crippen molar-refractivity contribution in [3.8, 4) is 0 Å². The molecule has 0 radical (unpaired) electrons. The van der Waals surface area contributed by atoms with Gasteiger partial charge in [-0.25, -0.2) is 4.52 Å². The molecule has 2 rings (SSSR count). The minimum atomic E-state index is -0.205. The highest BCUT2D eigenvalue weighted by molar-refractivity contribution is 5.53. The molecule has 0 aliphatic heterocycles. The Kier molecular flexibility index (Phi) is 2.47. The molecule has 1 atom stereocenters. The van der Waals surface area contributed by atoms with Crippen LogP contribution in [0.4, 0.5) is 0 Å². The number of nitrogens with two attached hydrogens (primary N) is 1. The summed E-state index contributed by atoms with van der Waals surface area (Å²) in [7, 11) is 0. The number of aromatic nitrogens is 2. The molecule has 0 aliphatic carbocycles. The Morgan fingerprint density at radius 3 is 3.14 bits per heavy atom. The van der Waals surface area contributed by atoms with Crippen LogP contribution < -0.4 is 5.73 Å². The monoisotopic (exact) mass is 191 g/mol. The van der Waals surface area contributed by atoms with E-state index >= 15 is 0 Å². The van der Waals surface area contributed by atoms with Crippen molar-refractivity contribution in [1.29, 1.82) is 0 Å². The molecular formula is C10H13N3O. The third kappa shape index (κ3) is 1.62. The first-order valence-corrected chi connectivity index (χ1v) is 4.59. The van der Waals surface area contributed by atoms with Gasteiger partial charge in [0.2, 0.25) is 0 Å². The average molecular weight is 191 g/mol. The fourth-order valence-electron chi connectivity index (χ4n) is 1.49. The summed E-state index contributed by atoms with van der Waals surface area (Å²) in [5.74, 6) is 0. The van der Waals surface area contributed by atoms with Gasteiger partial charge in [0.15, 0.2) is 0 Å². The van der Waals surface area contributed by atoms with Crippen molar-refractivity contribution < 1.29 is 5.11 Å². The molecule has 2 aromatic rings. The lowest BCUT2D eigenvalue weighted by Crippen LogP contribution is -2.26. The Morgan fingerprint density at radius 1 is 1.50 bits per heavy atom. The minimum Gasteiger partial charge on any atom is -0.395 e. The second kappa shape index (κ2) is 3.77. The highest BCUT2D eigenvalue weighted by Gasteiger charge is 2.07. The molecule has 0 bridgehead atoms. The fourth-order valence-corrected chi connectivity index (χ4v) is 1.49. The second-order valence-electron chi connectivity index (χ2n) is 3.35. The summed E-state index contributed by atoms with van der Waals surface area (Å²) in [6.07, 6.45) is 4.35. The van der Waals surface area contributed by atoms with E-state index in [1.54, 1.807) is 10.7 Å². The van der Waals surface area contributed by atoms with Gasteiger partial charge in [-0.15, -0.1) is 0 Å². The standard InChI is InChI=1S/C10H13N3O/c11-9(7-14)5-8-6-12-13-4-2-1-3-10(8)13/h1-4,6,9,14H,5,7,11H2. The molecule has 74 valence electrons. The van der Waals surface area contributed by atoms with Crippen LogP contribution in [0.5, 0.6) is 0 Å². The molecule has 3 N–H and O–H groups in total.